The lowest BCUT2D eigenvalue weighted by atomic mass is 10.0. The first-order valence-corrected chi connectivity index (χ1v) is 6.29. The van der Waals surface area contributed by atoms with Gasteiger partial charge in [-0.05, 0) is 18.8 Å². The van der Waals surface area contributed by atoms with Gasteiger partial charge in [-0.3, -0.25) is 9.89 Å². The Kier molecular flexibility index (Phi) is 6.42. The fourth-order valence-electron chi connectivity index (χ4n) is 1.57. The summed E-state index contributed by atoms with van der Waals surface area (Å²) in [6, 6.07) is -0.230. The zero-order chi connectivity index (χ0) is 14.1. The van der Waals surface area contributed by atoms with Crippen LogP contribution in [0.3, 0.4) is 0 Å². The highest BCUT2D eigenvalue weighted by Crippen LogP contribution is 2.08. The van der Waals surface area contributed by atoms with Crippen molar-refractivity contribution in [3.05, 3.63) is 18.0 Å². The summed E-state index contributed by atoms with van der Waals surface area (Å²) in [5, 5.41) is 20.4. The smallest absolute Gasteiger partial charge is 0.315 e. The highest BCUT2D eigenvalue weighted by Gasteiger charge is 2.06. The molecule has 7 heteroatoms. The van der Waals surface area contributed by atoms with E-state index in [4.69, 9.17) is 5.11 Å². The Labute approximate surface area is 111 Å². The molecule has 0 saturated carbocycles. The van der Waals surface area contributed by atoms with Crippen molar-refractivity contribution >= 4 is 12.0 Å². The molecule has 0 aromatic carbocycles. The van der Waals surface area contributed by atoms with Gasteiger partial charge in [0.2, 0.25) is 0 Å². The lowest BCUT2D eigenvalue weighted by molar-refractivity contribution is -0.137. The molecule has 0 aliphatic heterocycles. The van der Waals surface area contributed by atoms with Gasteiger partial charge in [-0.15, -0.1) is 0 Å². The number of carboxylic acid groups (broad SMARTS) is 1. The highest BCUT2D eigenvalue weighted by atomic mass is 16.4. The van der Waals surface area contributed by atoms with Gasteiger partial charge in [-0.25, -0.2) is 4.79 Å². The zero-order valence-electron chi connectivity index (χ0n) is 11.0. The molecule has 0 bridgehead atoms. The normalized spacial score (nSPS) is 11.8. The number of carbonyl (C=O) groups is 2. The molecule has 2 amide bonds. The summed E-state index contributed by atoms with van der Waals surface area (Å²) in [5.74, 6) is -0.497. The minimum Gasteiger partial charge on any atom is -0.481 e. The molecule has 19 heavy (non-hydrogen) atoms. The maximum atomic E-state index is 11.4. The third-order valence-electron chi connectivity index (χ3n) is 2.78. The topological polar surface area (TPSA) is 107 Å². The van der Waals surface area contributed by atoms with Crippen LogP contribution in [0.4, 0.5) is 4.79 Å². The van der Waals surface area contributed by atoms with Crippen LogP contribution in [-0.4, -0.2) is 33.8 Å². The summed E-state index contributed by atoms with van der Waals surface area (Å²) in [6.07, 6.45) is 4.94. The van der Waals surface area contributed by atoms with E-state index in [2.05, 4.69) is 20.8 Å². The molecule has 0 spiro atoms. The van der Waals surface area contributed by atoms with Crippen LogP contribution in [0.25, 0.3) is 0 Å². The van der Waals surface area contributed by atoms with E-state index in [1.54, 1.807) is 12.4 Å². The number of amides is 2. The highest BCUT2D eigenvalue weighted by molar-refractivity contribution is 5.73. The van der Waals surface area contributed by atoms with Gasteiger partial charge in [0.15, 0.2) is 0 Å². The van der Waals surface area contributed by atoms with Crippen LogP contribution in [0.15, 0.2) is 12.4 Å². The molecular formula is C12H20N4O3. The molecule has 1 aromatic heterocycles. The average molecular weight is 268 g/mol. The number of carbonyl (C=O) groups excluding carboxylic acids is 1. The maximum Gasteiger partial charge on any atom is 0.315 e. The SMILES string of the molecule is CC(CCNC(=O)NCc1cn[nH]c1)CCC(=O)O. The summed E-state index contributed by atoms with van der Waals surface area (Å²) in [5.41, 5.74) is 0.907. The van der Waals surface area contributed by atoms with Gasteiger partial charge in [0.1, 0.15) is 0 Å². The van der Waals surface area contributed by atoms with Crippen LogP contribution in [0.5, 0.6) is 0 Å². The molecule has 1 aromatic rings. The number of hydrogen-bond acceptors (Lipinski definition) is 3. The minimum absolute atomic E-state index is 0.174. The van der Waals surface area contributed by atoms with E-state index in [9.17, 15) is 9.59 Å². The second-order valence-electron chi connectivity index (χ2n) is 4.54. The number of hydrogen-bond donors (Lipinski definition) is 4. The number of carboxylic acids is 1. The molecular weight excluding hydrogens is 248 g/mol. The molecule has 0 radical (unpaired) electrons. The number of nitrogens with one attached hydrogen (secondary N) is 3. The van der Waals surface area contributed by atoms with Gasteiger partial charge < -0.3 is 15.7 Å². The summed E-state index contributed by atoms with van der Waals surface area (Å²) in [7, 11) is 0. The average Bonchev–Trinajstić information content (AvgIpc) is 2.87. The van der Waals surface area contributed by atoms with Gasteiger partial charge in [0.05, 0.1) is 6.20 Å². The Balaban J connectivity index is 2.05. The van der Waals surface area contributed by atoms with E-state index in [0.717, 1.165) is 12.0 Å². The molecule has 1 atom stereocenters. The van der Waals surface area contributed by atoms with Crippen molar-refractivity contribution in [1.82, 2.24) is 20.8 Å². The Hall–Kier alpha value is -2.05. The van der Waals surface area contributed by atoms with Gasteiger partial charge in [-0.2, -0.15) is 5.10 Å². The minimum atomic E-state index is -0.780. The van der Waals surface area contributed by atoms with Crippen molar-refractivity contribution in [3.8, 4) is 0 Å². The third kappa shape index (κ3) is 7.07. The number of aromatic amines is 1. The first-order chi connectivity index (χ1) is 9.08. The zero-order valence-corrected chi connectivity index (χ0v) is 11.0. The van der Waals surface area contributed by atoms with E-state index in [1.807, 2.05) is 6.92 Å². The summed E-state index contributed by atoms with van der Waals surface area (Å²) >= 11 is 0. The van der Waals surface area contributed by atoms with Crippen LogP contribution in [0.1, 0.15) is 31.7 Å². The molecule has 0 fully saturated rings. The van der Waals surface area contributed by atoms with E-state index in [1.165, 1.54) is 0 Å². The maximum absolute atomic E-state index is 11.4. The molecule has 1 unspecified atom stereocenters. The molecule has 106 valence electrons. The fraction of sp³-hybridized carbons (Fsp3) is 0.583. The predicted octanol–water partition coefficient (Wildman–Crippen LogP) is 1.10. The van der Waals surface area contributed by atoms with Crippen molar-refractivity contribution in [1.29, 1.82) is 0 Å². The standard InChI is InChI=1S/C12H20N4O3/c1-9(2-3-11(17)18)4-5-13-12(19)14-6-10-7-15-16-8-10/h7-9H,2-6H2,1H3,(H,15,16)(H,17,18)(H2,13,14,19). The van der Waals surface area contributed by atoms with Gasteiger partial charge >= 0.3 is 12.0 Å². The van der Waals surface area contributed by atoms with Gasteiger partial charge in [0.25, 0.3) is 0 Å². The largest absolute Gasteiger partial charge is 0.481 e. The van der Waals surface area contributed by atoms with Crippen molar-refractivity contribution in [3.63, 3.8) is 0 Å². The van der Waals surface area contributed by atoms with Crippen molar-refractivity contribution in [2.24, 2.45) is 5.92 Å². The monoisotopic (exact) mass is 268 g/mol. The molecule has 1 rings (SSSR count). The number of aliphatic carboxylic acids is 1. The van der Waals surface area contributed by atoms with Crippen molar-refractivity contribution in [2.75, 3.05) is 6.54 Å². The molecule has 1 heterocycles. The fourth-order valence-corrected chi connectivity index (χ4v) is 1.57. The molecule has 0 saturated heterocycles. The van der Waals surface area contributed by atoms with Crippen LogP contribution in [0.2, 0.25) is 0 Å². The molecule has 0 aliphatic rings. The summed E-state index contributed by atoms with van der Waals surface area (Å²) in [4.78, 5) is 21.8. The van der Waals surface area contributed by atoms with Crippen molar-refractivity contribution < 1.29 is 14.7 Å². The van der Waals surface area contributed by atoms with Crippen molar-refractivity contribution in [2.45, 2.75) is 32.7 Å². The quantitative estimate of drug-likeness (QED) is 0.566. The predicted molar refractivity (Wildman–Crippen MR) is 69.5 cm³/mol. The number of rotatable bonds is 8. The molecule has 0 aliphatic carbocycles. The third-order valence-corrected chi connectivity index (χ3v) is 2.78. The summed E-state index contributed by atoms with van der Waals surface area (Å²) < 4.78 is 0. The number of H-pyrrole nitrogens is 1. The number of urea groups is 1. The Morgan fingerprint density at radius 2 is 2.21 bits per heavy atom. The van der Waals surface area contributed by atoms with Crippen LogP contribution in [0, 0.1) is 5.92 Å². The van der Waals surface area contributed by atoms with Crippen LogP contribution < -0.4 is 10.6 Å². The Morgan fingerprint density at radius 1 is 1.42 bits per heavy atom. The number of aromatic nitrogens is 2. The Bertz CT molecular complexity index is 392. The Morgan fingerprint density at radius 3 is 2.84 bits per heavy atom. The first-order valence-electron chi connectivity index (χ1n) is 6.29. The second kappa shape index (κ2) is 8.12. The lowest BCUT2D eigenvalue weighted by Crippen LogP contribution is -2.35. The van der Waals surface area contributed by atoms with Crippen LogP contribution >= 0.6 is 0 Å². The lowest BCUT2D eigenvalue weighted by Gasteiger charge is -2.11. The second-order valence-corrected chi connectivity index (χ2v) is 4.54. The van der Waals surface area contributed by atoms with E-state index < -0.39 is 5.97 Å². The van der Waals surface area contributed by atoms with Gasteiger partial charge in [-0.1, -0.05) is 6.92 Å². The first kappa shape index (κ1) is 15.0. The van der Waals surface area contributed by atoms with E-state index >= 15 is 0 Å². The van der Waals surface area contributed by atoms with Crippen LogP contribution in [-0.2, 0) is 11.3 Å². The number of nitrogens with zero attached hydrogens (tertiary/aromatic N) is 1. The molecule has 4 N–H and O–H groups in total. The van der Waals surface area contributed by atoms with E-state index in [-0.39, 0.29) is 18.4 Å². The van der Waals surface area contributed by atoms with E-state index in [0.29, 0.717) is 19.5 Å². The molecule has 7 nitrogen and oxygen atoms in total. The summed E-state index contributed by atoms with van der Waals surface area (Å²) in [6.45, 7) is 2.95. The van der Waals surface area contributed by atoms with Gasteiger partial charge in [0, 0.05) is 31.3 Å².